The second kappa shape index (κ2) is 7.26. The third-order valence-electron chi connectivity index (χ3n) is 5.31. The summed E-state index contributed by atoms with van der Waals surface area (Å²) in [6.07, 6.45) is 4.68. The summed E-state index contributed by atoms with van der Waals surface area (Å²) in [7, 11) is 0. The molecule has 0 aliphatic heterocycles. The van der Waals surface area contributed by atoms with E-state index in [2.05, 4.69) is 38.1 Å². The van der Waals surface area contributed by atoms with Gasteiger partial charge in [0.15, 0.2) is 5.65 Å². The molecule has 4 nitrogen and oxygen atoms in total. The SMILES string of the molecule is CCc1nn2c(-c3cccc(F)c3)cc(-n3cccc3)nc2c1-c1ccc(C)cc1. The lowest BCUT2D eigenvalue weighted by Gasteiger charge is -2.10. The Bertz CT molecular complexity index is 1330. The summed E-state index contributed by atoms with van der Waals surface area (Å²) in [5.74, 6) is 0.490. The summed E-state index contributed by atoms with van der Waals surface area (Å²) in [5.41, 5.74) is 6.59. The van der Waals surface area contributed by atoms with Crippen molar-refractivity contribution in [3.8, 4) is 28.2 Å². The molecule has 0 fully saturated rings. The Morgan fingerprint density at radius 3 is 2.37 bits per heavy atom. The number of rotatable bonds is 4. The lowest BCUT2D eigenvalue weighted by molar-refractivity contribution is 0.628. The maximum atomic E-state index is 14.0. The van der Waals surface area contributed by atoms with Crippen molar-refractivity contribution in [1.29, 1.82) is 0 Å². The van der Waals surface area contributed by atoms with Gasteiger partial charge in [0.05, 0.1) is 11.4 Å². The van der Waals surface area contributed by atoms with Gasteiger partial charge >= 0.3 is 0 Å². The standard InChI is InChI=1S/C25H21FN4/c1-3-21-24(18-11-9-17(2)10-12-18)25-27-23(29-13-4-5-14-29)16-22(30(25)28-21)19-7-6-8-20(26)15-19/h4-16H,3H2,1-2H3. The molecule has 0 saturated heterocycles. The highest BCUT2D eigenvalue weighted by molar-refractivity contribution is 5.82. The van der Waals surface area contributed by atoms with Gasteiger partial charge in [-0.05, 0) is 43.2 Å². The normalized spacial score (nSPS) is 11.3. The number of aromatic nitrogens is 4. The molecule has 0 saturated carbocycles. The van der Waals surface area contributed by atoms with Crippen LogP contribution in [0.3, 0.4) is 0 Å². The average molecular weight is 396 g/mol. The van der Waals surface area contributed by atoms with Crippen molar-refractivity contribution >= 4 is 5.65 Å². The molecule has 0 radical (unpaired) electrons. The van der Waals surface area contributed by atoms with Gasteiger partial charge in [0.1, 0.15) is 11.6 Å². The van der Waals surface area contributed by atoms with Crippen LogP contribution in [0.25, 0.3) is 33.8 Å². The lowest BCUT2D eigenvalue weighted by Crippen LogP contribution is -2.02. The summed E-state index contributed by atoms with van der Waals surface area (Å²) >= 11 is 0. The van der Waals surface area contributed by atoms with Crippen molar-refractivity contribution in [3.63, 3.8) is 0 Å². The van der Waals surface area contributed by atoms with Gasteiger partial charge in [-0.1, -0.05) is 48.9 Å². The van der Waals surface area contributed by atoms with Crippen LogP contribution in [0.5, 0.6) is 0 Å². The molecule has 3 heterocycles. The predicted octanol–water partition coefficient (Wildman–Crippen LogP) is 5.86. The molecule has 5 heteroatoms. The van der Waals surface area contributed by atoms with E-state index in [1.54, 1.807) is 6.07 Å². The Kier molecular flexibility index (Phi) is 4.43. The molecule has 0 spiro atoms. The first kappa shape index (κ1) is 18.3. The largest absolute Gasteiger partial charge is 0.309 e. The summed E-state index contributed by atoms with van der Waals surface area (Å²) in [4.78, 5) is 4.96. The second-order valence-corrected chi connectivity index (χ2v) is 7.38. The first-order valence-electron chi connectivity index (χ1n) is 10.0. The maximum absolute atomic E-state index is 14.0. The van der Waals surface area contributed by atoms with Crippen LogP contribution in [0, 0.1) is 12.7 Å². The molecular formula is C25H21FN4. The van der Waals surface area contributed by atoms with E-state index in [4.69, 9.17) is 10.1 Å². The Labute approximate surface area is 174 Å². The number of hydrogen-bond acceptors (Lipinski definition) is 2. The molecule has 0 atom stereocenters. The van der Waals surface area contributed by atoms with Crippen molar-refractivity contribution in [3.05, 3.63) is 96.2 Å². The van der Waals surface area contributed by atoms with Gasteiger partial charge in [-0.25, -0.2) is 13.9 Å². The average Bonchev–Trinajstić information content (AvgIpc) is 3.41. The molecule has 5 rings (SSSR count). The molecule has 2 aromatic carbocycles. The molecule has 0 aliphatic carbocycles. The minimum absolute atomic E-state index is 0.276. The van der Waals surface area contributed by atoms with Crippen LogP contribution in [0.15, 0.2) is 79.1 Å². The number of aryl methyl sites for hydroxylation is 2. The van der Waals surface area contributed by atoms with Crippen LogP contribution in [-0.2, 0) is 6.42 Å². The monoisotopic (exact) mass is 396 g/mol. The van der Waals surface area contributed by atoms with Crippen molar-refractivity contribution in [2.45, 2.75) is 20.3 Å². The second-order valence-electron chi connectivity index (χ2n) is 7.38. The van der Waals surface area contributed by atoms with Gasteiger partial charge in [0.2, 0.25) is 0 Å². The molecule has 0 aliphatic rings. The highest BCUT2D eigenvalue weighted by Crippen LogP contribution is 2.32. The fraction of sp³-hybridized carbons (Fsp3) is 0.120. The molecule has 30 heavy (non-hydrogen) atoms. The third kappa shape index (κ3) is 3.08. The van der Waals surface area contributed by atoms with E-state index in [0.29, 0.717) is 0 Å². The van der Waals surface area contributed by atoms with Crippen LogP contribution in [0.1, 0.15) is 18.2 Å². The number of benzene rings is 2. The quantitative estimate of drug-likeness (QED) is 0.381. The van der Waals surface area contributed by atoms with Crippen molar-refractivity contribution in [1.82, 2.24) is 19.2 Å². The number of hydrogen-bond donors (Lipinski definition) is 0. The van der Waals surface area contributed by atoms with E-state index in [-0.39, 0.29) is 5.82 Å². The van der Waals surface area contributed by atoms with Crippen molar-refractivity contribution < 1.29 is 4.39 Å². The van der Waals surface area contributed by atoms with Crippen molar-refractivity contribution in [2.75, 3.05) is 0 Å². The van der Waals surface area contributed by atoms with Crippen LogP contribution < -0.4 is 0 Å². The molecule has 0 amide bonds. The summed E-state index contributed by atoms with van der Waals surface area (Å²) in [6, 6.07) is 20.9. The lowest BCUT2D eigenvalue weighted by atomic mass is 10.0. The zero-order valence-electron chi connectivity index (χ0n) is 16.9. The molecule has 3 aromatic heterocycles. The highest BCUT2D eigenvalue weighted by Gasteiger charge is 2.19. The van der Waals surface area contributed by atoms with Gasteiger partial charge in [-0.3, -0.25) is 0 Å². The molecule has 0 N–H and O–H groups in total. The fourth-order valence-corrected chi connectivity index (χ4v) is 3.78. The number of halogens is 1. The molecule has 0 bridgehead atoms. The van der Waals surface area contributed by atoms with Crippen LogP contribution in [0.2, 0.25) is 0 Å². The summed E-state index contributed by atoms with van der Waals surface area (Å²) in [5, 5.41) is 4.88. The molecule has 5 aromatic rings. The van der Waals surface area contributed by atoms with Gasteiger partial charge in [0, 0.05) is 29.6 Å². The van der Waals surface area contributed by atoms with Gasteiger partial charge in [0.25, 0.3) is 0 Å². The van der Waals surface area contributed by atoms with Crippen molar-refractivity contribution in [2.24, 2.45) is 0 Å². The molecular weight excluding hydrogens is 375 g/mol. The smallest absolute Gasteiger partial charge is 0.166 e. The predicted molar refractivity (Wildman–Crippen MR) is 117 cm³/mol. The molecule has 0 unspecified atom stereocenters. The zero-order valence-corrected chi connectivity index (χ0v) is 16.9. The third-order valence-corrected chi connectivity index (χ3v) is 5.31. The topological polar surface area (TPSA) is 35.1 Å². The van der Waals surface area contributed by atoms with Crippen LogP contribution >= 0.6 is 0 Å². The Balaban J connectivity index is 1.86. The zero-order chi connectivity index (χ0) is 20.7. The van der Waals surface area contributed by atoms with E-state index in [9.17, 15) is 4.39 Å². The minimum atomic E-state index is -0.276. The first-order chi connectivity index (χ1) is 14.6. The van der Waals surface area contributed by atoms with E-state index >= 15 is 0 Å². The van der Waals surface area contributed by atoms with E-state index in [1.165, 1.54) is 17.7 Å². The maximum Gasteiger partial charge on any atom is 0.166 e. The highest BCUT2D eigenvalue weighted by atomic mass is 19.1. The van der Waals surface area contributed by atoms with E-state index in [1.807, 2.05) is 45.7 Å². The Hall–Kier alpha value is -3.73. The minimum Gasteiger partial charge on any atom is -0.309 e. The van der Waals surface area contributed by atoms with E-state index < -0.39 is 0 Å². The number of nitrogens with zero attached hydrogens (tertiary/aromatic N) is 4. The fourth-order valence-electron chi connectivity index (χ4n) is 3.78. The summed E-state index contributed by atoms with van der Waals surface area (Å²) in [6.45, 7) is 4.17. The van der Waals surface area contributed by atoms with Crippen LogP contribution in [-0.4, -0.2) is 19.2 Å². The molecule has 148 valence electrons. The number of fused-ring (bicyclic) bond motifs is 1. The van der Waals surface area contributed by atoms with Gasteiger partial charge in [-0.2, -0.15) is 5.10 Å². The van der Waals surface area contributed by atoms with Gasteiger partial charge in [-0.15, -0.1) is 0 Å². The van der Waals surface area contributed by atoms with Gasteiger partial charge < -0.3 is 4.57 Å². The Morgan fingerprint density at radius 1 is 0.900 bits per heavy atom. The summed E-state index contributed by atoms with van der Waals surface area (Å²) < 4.78 is 17.8. The Morgan fingerprint density at radius 2 is 1.67 bits per heavy atom. The van der Waals surface area contributed by atoms with Crippen LogP contribution in [0.4, 0.5) is 4.39 Å². The first-order valence-corrected chi connectivity index (χ1v) is 10.0. The van der Waals surface area contributed by atoms with E-state index in [0.717, 1.165) is 46.0 Å².